The third-order valence-electron chi connectivity index (χ3n) is 3.27. The molecule has 0 atom stereocenters. The monoisotopic (exact) mass is 354 g/mol. The Morgan fingerprint density at radius 3 is 2.65 bits per heavy atom. The van der Waals surface area contributed by atoms with Gasteiger partial charge >= 0.3 is 0 Å². The lowest BCUT2D eigenvalue weighted by molar-refractivity contribution is -0.120. The second kappa shape index (κ2) is 8.75. The third kappa shape index (κ3) is 5.73. The second-order valence-electron chi connectivity index (χ2n) is 4.99. The standard InChI is InChI=1S/C17H17Cl2FN2O/c18-13-5-6-14(19)16(11-13)21-10-8-17(23)22-9-7-12-3-1-2-4-15(12)20/h1-6,11,21H,7-10H2,(H,22,23). The molecule has 0 spiro atoms. The van der Waals surface area contributed by atoms with Crippen LogP contribution in [0.4, 0.5) is 10.1 Å². The van der Waals surface area contributed by atoms with Gasteiger partial charge < -0.3 is 10.6 Å². The van der Waals surface area contributed by atoms with Gasteiger partial charge in [-0.3, -0.25) is 4.79 Å². The summed E-state index contributed by atoms with van der Waals surface area (Å²) in [5.41, 5.74) is 1.29. The maximum atomic E-state index is 13.4. The Morgan fingerprint density at radius 1 is 1.09 bits per heavy atom. The quantitative estimate of drug-likeness (QED) is 0.778. The van der Waals surface area contributed by atoms with Crippen molar-refractivity contribution in [1.82, 2.24) is 5.32 Å². The molecule has 0 heterocycles. The number of benzene rings is 2. The molecule has 0 saturated heterocycles. The molecule has 0 aliphatic carbocycles. The molecule has 0 aliphatic rings. The topological polar surface area (TPSA) is 41.1 Å². The van der Waals surface area contributed by atoms with Crippen LogP contribution in [0, 0.1) is 5.82 Å². The molecule has 2 aromatic carbocycles. The number of hydrogen-bond donors (Lipinski definition) is 2. The maximum absolute atomic E-state index is 13.4. The lowest BCUT2D eigenvalue weighted by Gasteiger charge is -2.09. The van der Waals surface area contributed by atoms with Gasteiger partial charge in [-0.1, -0.05) is 41.4 Å². The fourth-order valence-electron chi connectivity index (χ4n) is 2.07. The summed E-state index contributed by atoms with van der Waals surface area (Å²) in [5, 5.41) is 6.96. The van der Waals surface area contributed by atoms with Crippen molar-refractivity contribution in [3.05, 3.63) is 63.9 Å². The number of anilines is 1. The minimum atomic E-state index is -0.251. The summed E-state index contributed by atoms with van der Waals surface area (Å²) < 4.78 is 13.4. The van der Waals surface area contributed by atoms with E-state index in [4.69, 9.17) is 23.2 Å². The molecule has 0 aliphatic heterocycles. The van der Waals surface area contributed by atoms with E-state index >= 15 is 0 Å². The van der Waals surface area contributed by atoms with Gasteiger partial charge in [0.2, 0.25) is 5.91 Å². The molecule has 2 N–H and O–H groups in total. The summed E-state index contributed by atoms with van der Waals surface area (Å²) in [7, 11) is 0. The van der Waals surface area contributed by atoms with E-state index in [1.165, 1.54) is 6.07 Å². The lowest BCUT2D eigenvalue weighted by atomic mass is 10.1. The van der Waals surface area contributed by atoms with Crippen LogP contribution >= 0.6 is 23.2 Å². The fraction of sp³-hybridized carbons (Fsp3) is 0.235. The van der Waals surface area contributed by atoms with Crippen LogP contribution < -0.4 is 10.6 Å². The van der Waals surface area contributed by atoms with Gasteiger partial charge in [-0.25, -0.2) is 4.39 Å². The van der Waals surface area contributed by atoms with Crippen molar-refractivity contribution in [1.29, 1.82) is 0 Å². The number of nitrogens with one attached hydrogen (secondary N) is 2. The first-order valence-electron chi connectivity index (χ1n) is 7.25. The van der Waals surface area contributed by atoms with Crippen molar-refractivity contribution in [2.45, 2.75) is 12.8 Å². The molecular formula is C17H17Cl2FN2O. The summed E-state index contributed by atoms with van der Waals surface area (Å²) in [4.78, 5) is 11.8. The highest BCUT2D eigenvalue weighted by Crippen LogP contribution is 2.25. The van der Waals surface area contributed by atoms with E-state index in [0.717, 1.165) is 0 Å². The molecule has 0 aromatic heterocycles. The summed E-state index contributed by atoms with van der Waals surface area (Å²) >= 11 is 11.9. The normalized spacial score (nSPS) is 10.4. The highest BCUT2D eigenvalue weighted by molar-refractivity contribution is 6.35. The van der Waals surface area contributed by atoms with E-state index in [2.05, 4.69) is 10.6 Å². The van der Waals surface area contributed by atoms with Gasteiger partial charge in [0.25, 0.3) is 0 Å². The van der Waals surface area contributed by atoms with Crippen LogP contribution in [-0.4, -0.2) is 19.0 Å². The van der Waals surface area contributed by atoms with Gasteiger partial charge in [-0.2, -0.15) is 0 Å². The molecular weight excluding hydrogens is 338 g/mol. The van der Waals surface area contributed by atoms with E-state index in [1.807, 2.05) is 0 Å². The second-order valence-corrected chi connectivity index (χ2v) is 5.84. The Balaban J connectivity index is 1.69. The zero-order valence-electron chi connectivity index (χ0n) is 12.4. The first-order chi connectivity index (χ1) is 11.1. The van der Waals surface area contributed by atoms with Gasteiger partial charge in [0, 0.05) is 24.5 Å². The largest absolute Gasteiger partial charge is 0.383 e. The number of halogens is 3. The third-order valence-corrected chi connectivity index (χ3v) is 3.83. The minimum absolute atomic E-state index is 0.105. The fourth-order valence-corrected chi connectivity index (χ4v) is 2.43. The predicted octanol–water partition coefficient (Wildman–Crippen LogP) is 4.29. The first kappa shape index (κ1) is 17.6. The van der Waals surface area contributed by atoms with Crippen molar-refractivity contribution in [3.63, 3.8) is 0 Å². The molecule has 1 amide bonds. The Labute approximate surface area is 144 Å². The van der Waals surface area contributed by atoms with Crippen LogP contribution in [0.15, 0.2) is 42.5 Å². The van der Waals surface area contributed by atoms with Crippen LogP contribution in [0.25, 0.3) is 0 Å². The van der Waals surface area contributed by atoms with Crippen molar-refractivity contribution in [2.24, 2.45) is 0 Å². The highest BCUT2D eigenvalue weighted by Gasteiger charge is 2.05. The van der Waals surface area contributed by atoms with E-state index in [1.54, 1.807) is 36.4 Å². The highest BCUT2D eigenvalue weighted by atomic mass is 35.5. The zero-order valence-corrected chi connectivity index (χ0v) is 13.9. The molecule has 2 rings (SSSR count). The number of carbonyl (C=O) groups excluding carboxylic acids is 1. The number of rotatable bonds is 7. The summed E-state index contributed by atoms with van der Waals surface area (Å²) in [6.45, 7) is 0.837. The average molecular weight is 355 g/mol. The Morgan fingerprint density at radius 2 is 1.87 bits per heavy atom. The van der Waals surface area contributed by atoms with Crippen molar-refractivity contribution < 1.29 is 9.18 Å². The van der Waals surface area contributed by atoms with Crippen LogP contribution in [0.1, 0.15) is 12.0 Å². The van der Waals surface area contributed by atoms with E-state index < -0.39 is 0 Å². The number of hydrogen-bond acceptors (Lipinski definition) is 2. The molecule has 0 bridgehead atoms. The summed E-state index contributed by atoms with van der Waals surface area (Å²) in [5.74, 6) is -0.356. The van der Waals surface area contributed by atoms with Crippen molar-refractivity contribution in [3.8, 4) is 0 Å². The lowest BCUT2D eigenvalue weighted by Crippen LogP contribution is -2.27. The molecule has 0 fully saturated rings. The van der Waals surface area contributed by atoms with Crippen LogP contribution in [0.5, 0.6) is 0 Å². The molecule has 2 aromatic rings. The Bertz CT molecular complexity index is 679. The average Bonchev–Trinajstić information content (AvgIpc) is 2.52. The summed E-state index contributed by atoms with van der Waals surface area (Å²) in [6.07, 6.45) is 0.756. The number of carbonyl (C=O) groups is 1. The number of amides is 1. The van der Waals surface area contributed by atoms with E-state index in [-0.39, 0.29) is 11.7 Å². The molecule has 0 unspecified atom stereocenters. The smallest absolute Gasteiger partial charge is 0.221 e. The molecule has 0 saturated carbocycles. The molecule has 3 nitrogen and oxygen atoms in total. The van der Waals surface area contributed by atoms with Gasteiger partial charge in [-0.15, -0.1) is 0 Å². The first-order valence-corrected chi connectivity index (χ1v) is 8.01. The minimum Gasteiger partial charge on any atom is -0.383 e. The van der Waals surface area contributed by atoms with E-state index in [9.17, 15) is 9.18 Å². The molecule has 0 radical (unpaired) electrons. The Kier molecular flexibility index (Phi) is 6.68. The van der Waals surface area contributed by atoms with Crippen LogP contribution in [0.3, 0.4) is 0 Å². The van der Waals surface area contributed by atoms with Crippen molar-refractivity contribution in [2.75, 3.05) is 18.4 Å². The van der Waals surface area contributed by atoms with Gasteiger partial charge in [-0.05, 0) is 36.2 Å². The predicted molar refractivity (Wildman–Crippen MR) is 92.7 cm³/mol. The van der Waals surface area contributed by atoms with Crippen LogP contribution in [0.2, 0.25) is 10.0 Å². The molecule has 6 heteroatoms. The summed E-state index contributed by atoms with van der Waals surface area (Å²) in [6, 6.07) is 11.6. The van der Waals surface area contributed by atoms with Crippen LogP contribution in [-0.2, 0) is 11.2 Å². The molecule has 122 valence electrons. The Hall–Kier alpha value is -1.78. The van der Waals surface area contributed by atoms with E-state index in [0.29, 0.717) is 47.2 Å². The van der Waals surface area contributed by atoms with Gasteiger partial charge in [0.1, 0.15) is 5.82 Å². The SMILES string of the molecule is O=C(CCNc1cc(Cl)ccc1Cl)NCCc1ccccc1F. The van der Waals surface area contributed by atoms with Gasteiger partial charge in [0.05, 0.1) is 10.7 Å². The van der Waals surface area contributed by atoms with Gasteiger partial charge in [0.15, 0.2) is 0 Å². The zero-order chi connectivity index (χ0) is 16.7. The molecule has 23 heavy (non-hydrogen) atoms. The van der Waals surface area contributed by atoms with Crippen molar-refractivity contribution >= 4 is 34.8 Å². The maximum Gasteiger partial charge on any atom is 0.221 e.